The lowest BCUT2D eigenvalue weighted by Gasteiger charge is -2.42. The topological polar surface area (TPSA) is 25.8 Å². The van der Waals surface area contributed by atoms with Crippen LogP contribution in [0.2, 0.25) is 0 Å². The lowest BCUT2D eigenvalue weighted by molar-refractivity contribution is 0.341. The van der Waals surface area contributed by atoms with Crippen molar-refractivity contribution in [3.8, 4) is 11.3 Å². The second-order valence-electron chi connectivity index (χ2n) is 12.9. The first-order valence-corrected chi connectivity index (χ1v) is 13.5. The zero-order valence-corrected chi connectivity index (χ0v) is 22.7. The van der Waals surface area contributed by atoms with Crippen molar-refractivity contribution in [1.29, 1.82) is 0 Å². The average Bonchev–Trinajstić information content (AvgIpc) is 3.13. The molecule has 0 bridgehead atoms. The first-order valence-electron chi connectivity index (χ1n) is 12.7. The lowest BCUT2D eigenvalue weighted by Crippen LogP contribution is -2.34. The van der Waals surface area contributed by atoms with Gasteiger partial charge in [-0.25, -0.2) is 9.97 Å². The molecule has 0 saturated carbocycles. The molecule has 3 aromatic carbocycles. The number of thiophene rings is 1. The molecule has 0 unspecified atom stereocenters. The largest absolute Gasteiger partial charge is 0.235 e. The molecule has 6 rings (SSSR count). The van der Waals surface area contributed by atoms with Gasteiger partial charge >= 0.3 is 0 Å². The summed E-state index contributed by atoms with van der Waals surface area (Å²) in [6.45, 7) is 16.5. The average molecular weight is 479 g/mol. The SMILES string of the molecule is CC(C)(C)Cc1ccc2c(c1)sc1c(-c3cc4c5c(cccc5c3)C(C)(C)CC4(C)C)ncnc12. The minimum absolute atomic E-state index is 0.0975. The van der Waals surface area contributed by atoms with Gasteiger partial charge in [0, 0.05) is 15.6 Å². The molecule has 0 fully saturated rings. The Labute approximate surface area is 212 Å². The van der Waals surface area contributed by atoms with E-state index in [1.54, 1.807) is 6.33 Å². The number of benzene rings is 3. The number of hydrogen-bond acceptors (Lipinski definition) is 3. The third kappa shape index (κ3) is 3.67. The fraction of sp³-hybridized carbons (Fsp3) is 0.375. The molecule has 178 valence electrons. The highest BCUT2D eigenvalue weighted by atomic mass is 32.1. The van der Waals surface area contributed by atoms with Crippen molar-refractivity contribution in [3.05, 3.63) is 71.5 Å². The molecule has 0 N–H and O–H groups in total. The van der Waals surface area contributed by atoms with E-state index in [2.05, 4.69) is 97.0 Å². The Morgan fingerprint density at radius 2 is 1.66 bits per heavy atom. The highest BCUT2D eigenvalue weighted by Gasteiger charge is 2.39. The Morgan fingerprint density at radius 3 is 2.43 bits per heavy atom. The number of aromatic nitrogens is 2. The number of hydrogen-bond donors (Lipinski definition) is 0. The van der Waals surface area contributed by atoms with Crippen LogP contribution in [0.25, 0.3) is 42.3 Å². The minimum Gasteiger partial charge on any atom is -0.235 e. The second-order valence-corrected chi connectivity index (χ2v) is 14.0. The maximum absolute atomic E-state index is 4.85. The number of rotatable bonds is 2. The van der Waals surface area contributed by atoms with Gasteiger partial charge in [0.2, 0.25) is 0 Å². The summed E-state index contributed by atoms with van der Waals surface area (Å²) in [5, 5.41) is 3.99. The van der Waals surface area contributed by atoms with Crippen LogP contribution in [-0.4, -0.2) is 9.97 Å². The molecule has 2 nitrogen and oxygen atoms in total. The molecule has 5 aromatic rings. The van der Waals surface area contributed by atoms with Crippen molar-refractivity contribution in [1.82, 2.24) is 9.97 Å². The van der Waals surface area contributed by atoms with Gasteiger partial charge in [0.1, 0.15) is 6.33 Å². The summed E-state index contributed by atoms with van der Waals surface area (Å²) >= 11 is 1.83. The van der Waals surface area contributed by atoms with Gasteiger partial charge in [0.25, 0.3) is 0 Å². The molecule has 0 radical (unpaired) electrons. The third-order valence-corrected chi connectivity index (χ3v) is 8.79. The van der Waals surface area contributed by atoms with Crippen molar-refractivity contribution in [2.45, 2.75) is 72.1 Å². The predicted octanol–water partition coefficient (Wildman–Crippen LogP) is 9.21. The fourth-order valence-corrected chi connectivity index (χ4v) is 7.74. The normalized spacial score (nSPS) is 16.9. The third-order valence-electron chi connectivity index (χ3n) is 7.64. The Balaban J connectivity index is 1.59. The van der Waals surface area contributed by atoms with Gasteiger partial charge in [-0.1, -0.05) is 78.8 Å². The fourth-order valence-electron chi connectivity index (χ4n) is 6.50. The van der Waals surface area contributed by atoms with E-state index in [9.17, 15) is 0 Å². The van der Waals surface area contributed by atoms with Crippen LogP contribution >= 0.6 is 11.3 Å². The molecule has 0 spiro atoms. The minimum atomic E-state index is 0.0975. The Kier molecular flexibility index (Phi) is 4.77. The van der Waals surface area contributed by atoms with E-state index >= 15 is 0 Å². The molecule has 0 aliphatic heterocycles. The van der Waals surface area contributed by atoms with Gasteiger partial charge < -0.3 is 0 Å². The number of nitrogens with zero attached hydrogens (tertiary/aromatic N) is 2. The van der Waals surface area contributed by atoms with Crippen LogP contribution in [0, 0.1) is 5.41 Å². The van der Waals surface area contributed by atoms with E-state index in [-0.39, 0.29) is 16.2 Å². The summed E-state index contributed by atoms with van der Waals surface area (Å²) in [5.41, 5.74) is 8.15. The smallest absolute Gasteiger partial charge is 0.116 e. The van der Waals surface area contributed by atoms with Crippen molar-refractivity contribution in [2.75, 3.05) is 0 Å². The molecule has 2 aromatic heterocycles. The van der Waals surface area contributed by atoms with Crippen LogP contribution < -0.4 is 0 Å². The lowest BCUT2D eigenvalue weighted by atomic mass is 9.61. The molecule has 3 heteroatoms. The maximum atomic E-state index is 4.85. The van der Waals surface area contributed by atoms with Gasteiger partial charge in [0.05, 0.1) is 15.9 Å². The van der Waals surface area contributed by atoms with Crippen molar-refractivity contribution in [3.63, 3.8) is 0 Å². The summed E-state index contributed by atoms with van der Waals surface area (Å²) in [4.78, 5) is 9.59. The Morgan fingerprint density at radius 1 is 0.886 bits per heavy atom. The molecule has 35 heavy (non-hydrogen) atoms. The van der Waals surface area contributed by atoms with Crippen LogP contribution in [0.1, 0.15) is 71.6 Å². The van der Waals surface area contributed by atoms with E-state index in [0.29, 0.717) is 0 Å². The first-order chi connectivity index (χ1) is 16.4. The standard InChI is InChI=1S/C32H34N2S/c1-30(2,3)16-19-11-12-22-25(13-19)35-29-27(33-18-34-28(22)29)21-14-20-9-8-10-23-26(20)24(15-21)32(6,7)17-31(23,4)5/h8-15,18H,16-17H2,1-7H3. The van der Waals surface area contributed by atoms with Crippen LogP contribution in [0.4, 0.5) is 0 Å². The highest BCUT2D eigenvalue weighted by Crippen LogP contribution is 2.50. The Hall–Kier alpha value is -2.78. The molecular formula is C32H34N2S. The van der Waals surface area contributed by atoms with E-state index in [1.807, 2.05) is 11.3 Å². The summed E-state index contributed by atoms with van der Waals surface area (Å²) in [7, 11) is 0. The molecule has 0 amide bonds. The van der Waals surface area contributed by atoms with Gasteiger partial charge in [-0.15, -0.1) is 11.3 Å². The van der Waals surface area contributed by atoms with Crippen molar-refractivity contribution in [2.24, 2.45) is 5.41 Å². The summed E-state index contributed by atoms with van der Waals surface area (Å²) in [5.74, 6) is 0. The van der Waals surface area contributed by atoms with Gasteiger partial charge in [-0.05, 0) is 74.7 Å². The first kappa shape index (κ1) is 22.7. The van der Waals surface area contributed by atoms with E-state index in [1.165, 1.54) is 47.8 Å². The van der Waals surface area contributed by atoms with Gasteiger partial charge in [0.15, 0.2) is 0 Å². The molecule has 0 saturated heterocycles. The monoisotopic (exact) mass is 478 g/mol. The van der Waals surface area contributed by atoms with Crippen LogP contribution in [0.5, 0.6) is 0 Å². The zero-order valence-electron chi connectivity index (χ0n) is 21.9. The van der Waals surface area contributed by atoms with Crippen molar-refractivity contribution >= 4 is 42.4 Å². The zero-order chi connectivity index (χ0) is 24.8. The van der Waals surface area contributed by atoms with Gasteiger partial charge in [-0.3, -0.25) is 0 Å². The highest BCUT2D eigenvalue weighted by molar-refractivity contribution is 7.26. The molecule has 2 heterocycles. The predicted molar refractivity (Wildman–Crippen MR) is 152 cm³/mol. The van der Waals surface area contributed by atoms with E-state index in [0.717, 1.165) is 24.1 Å². The molecule has 1 aliphatic rings. The van der Waals surface area contributed by atoms with Crippen LogP contribution in [-0.2, 0) is 17.3 Å². The molecule has 1 aliphatic carbocycles. The van der Waals surface area contributed by atoms with E-state index in [4.69, 9.17) is 9.97 Å². The van der Waals surface area contributed by atoms with Gasteiger partial charge in [-0.2, -0.15) is 0 Å². The quantitative estimate of drug-likeness (QED) is 0.253. The number of fused-ring (bicyclic) bond motifs is 3. The van der Waals surface area contributed by atoms with Crippen LogP contribution in [0.15, 0.2) is 54.9 Å². The summed E-state index contributed by atoms with van der Waals surface area (Å²) < 4.78 is 2.49. The Bertz CT molecular complexity index is 1630. The van der Waals surface area contributed by atoms with E-state index < -0.39 is 0 Å². The second kappa shape index (κ2) is 7.36. The van der Waals surface area contributed by atoms with Crippen LogP contribution in [0.3, 0.4) is 0 Å². The summed E-state index contributed by atoms with van der Waals surface area (Å²) in [6, 6.07) is 18.5. The van der Waals surface area contributed by atoms with Crippen molar-refractivity contribution < 1.29 is 0 Å². The molecule has 0 atom stereocenters. The molecular weight excluding hydrogens is 444 g/mol. The summed E-state index contributed by atoms with van der Waals surface area (Å²) in [6.07, 6.45) is 3.94. The maximum Gasteiger partial charge on any atom is 0.116 e.